The smallest absolute Gasteiger partial charge is 0.193 e. The predicted molar refractivity (Wildman–Crippen MR) is 125 cm³/mol. The fourth-order valence-corrected chi connectivity index (χ4v) is 2.90. The third kappa shape index (κ3) is 7.36. The van der Waals surface area contributed by atoms with Gasteiger partial charge >= 0.3 is 0 Å². The van der Waals surface area contributed by atoms with Crippen LogP contribution in [0.25, 0.3) is 5.69 Å². The summed E-state index contributed by atoms with van der Waals surface area (Å²) in [4.78, 5) is 6.53. The molecule has 0 aliphatic heterocycles. The van der Waals surface area contributed by atoms with Gasteiger partial charge in [0.15, 0.2) is 5.96 Å². The van der Waals surface area contributed by atoms with Crippen LogP contribution in [0.4, 0.5) is 0 Å². The summed E-state index contributed by atoms with van der Waals surface area (Å²) in [6.45, 7) is 7.72. The second-order valence-corrected chi connectivity index (χ2v) is 6.45. The molecule has 0 spiro atoms. The lowest BCUT2D eigenvalue weighted by atomic mass is 10.1. The van der Waals surface area contributed by atoms with E-state index < -0.39 is 0 Å². The summed E-state index contributed by atoms with van der Waals surface area (Å²) >= 11 is 0. The van der Waals surface area contributed by atoms with Gasteiger partial charge < -0.3 is 10.2 Å². The summed E-state index contributed by atoms with van der Waals surface area (Å²) in [6, 6.07) is 10.2. The third-order valence-corrected chi connectivity index (χ3v) is 4.40. The van der Waals surface area contributed by atoms with E-state index in [0.29, 0.717) is 0 Å². The molecule has 0 bridgehead atoms. The Bertz CT molecular complexity index is 709. The number of para-hydroxylation sites is 1. The summed E-state index contributed by atoms with van der Waals surface area (Å²) in [5.74, 6) is 0.950. The lowest BCUT2D eigenvalue weighted by Gasteiger charge is -2.21. The summed E-state index contributed by atoms with van der Waals surface area (Å²) in [5, 5.41) is 8.08. The van der Waals surface area contributed by atoms with Crippen LogP contribution in [0.5, 0.6) is 0 Å². The van der Waals surface area contributed by atoms with Crippen molar-refractivity contribution in [1.29, 1.82) is 0 Å². The maximum Gasteiger partial charge on any atom is 0.193 e. The zero-order chi connectivity index (χ0) is 18.8. The number of halogens is 1. The van der Waals surface area contributed by atoms with Crippen molar-refractivity contribution in [1.82, 2.24) is 20.0 Å². The molecule has 0 aliphatic rings. The van der Waals surface area contributed by atoms with Crippen molar-refractivity contribution >= 4 is 29.9 Å². The molecule has 0 aliphatic carbocycles. The highest BCUT2D eigenvalue weighted by molar-refractivity contribution is 14.0. The standard InChI is InChI=1S/C21H31N5.HI/c1-5-6-10-16-25(4)21(22-3)23-15-11-12-19-17-26(24-18(19)2)20-13-8-7-9-14-20;/h5,7-9,13-14,17H,1,6,10-12,15-16H2,2-4H3,(H,22,23);1H. The lowest BCUT2D eigenvalue weighted by molar-refractivity contribution is 0.469. The first kappa shape index (κ1) is 23.2. The molecule has 0 saturated heterocycles. The summed E-state index contributed by atoms with van der Waals surface area (Å²) in [7, 11) is 3.91. The Morgan fingerprint density at radius 3 is 2.70 bits per heavy atom. The van der Waals surface area contributed by atoms with Gasteiger partial charge in [-0.2, -0.15) is 5.10 Å². The predicted octanol–water partition coefficient (Wildman–Crippen LogP) is 4.20. The van der Waals surface area contributed by atoms with Crippen LogP contribution in [0.3, 0.4) is 0 Å². The number of nitrogens with one attached hydrogen (secondary N) is 1. The highest BCUT2D eigenvalue weighted by Crippen LogP contribution is 2.13. The monoisotopic (exact) mass is 481 g/mol. The number of nitrogens with zero attached hydrogens (tertiary/aromatic N) is 4. The van der Waals surface area contributed by atoms with Crippen molar-refractivity contribution in [2.24, 2.45) is 4.99 Å². The average Bonchev–Trinajstić information content (AvgIpc) is 3.03. The van der Waals surface area contributed by atoms with E-state index in [1.54, 1.807) is 0 Å². The van der Waals surface area contributed by atoms with Crippen molar-refractivity contribution in [3.8, 4) is 5.69 Å². The average molecular weight is 481 g/mol. The van der Waals surface area contributed by atoms with Crippen molar-refractivity contribution in [3.05, 3.63) is 60.4 Å². The first-order valence-corrected chi connectivity index (χ1v) is 9.29. The Labute approximate surface area is 180 Å². The summed E-state index contributed by atoms with van der Waals surface area (Å²) in [5.41, 5.74) is 3.49. The zero-order valence-electron chi connectivity index (χ0n) is 16.7. The second-order valence-electron chi connectivity index (χ2n) is 6.45. The lowest BCUT2D eigenvalue weighted by Crippen LogP contribution is -2.39. The van der Waals surface area contributed by atoms with E-state index in [0.717, 1.165) is 56.1 Å². The molecule has 0 atom stereocenters. The van der Waals surface area contributed by atoms with E-state index >= 15 is 0 Å². The molecular weight excluding hydrogens is 449 g/mol. The van der Waals surface area contributed by atoms with Crippen LogP contribution in [-0.4, -0.2) is 47.8 Å². The quantitative estimate of drug-likeness (QED) is 0.192. The number of unbranched alkanes of at least 4 members (excludes halogenated alkanes) is 1. The van der Waals surface area contributed by atoms with Crippen LogP contribution in [0.1, 0.15) is 30.5 Å². The fraction of sp³-hybridized carbons (Fsp3) is 0.429. The summed E-state index contributed by atoms with van der Waals surface area (Å²) < 4.78 is 1.96. The SMILES string of the molecule is C=CCCCN(C)C(=NC)NCCCc1cn(-c2ccccc2)nc1C.I. The number of hydrogen-bond donors (Lipinski definition) is 1. The van der Waals surface area contributed by atoms with E-state index in [9.17, 15) is 0 Å². The topological polar surface area (TPSA) is 45.5 Å². The van der Waals surface area contributed by atoms with Gasteiger partial charge in [0.1, 0.15) is 0 Å². The normalized spacial score (nSPS) is 11.0. The van der Waals surface area contributed by atoms with Gasteiger partial charge in [-0.15, -0.1) is 30.6 Å². The van der Waals surface area contributed by atoms with Gasteiger partial charge in [0.25, 0.3) is 0 Å². The molecule has 2 aromatic rings. The van der Waals surface area contributed by atoms with E-state index in [1.165, 1.54) is 5.56 Å². The molecule has 1 N–H and O–H groups in total. The molecule has 5 nitrogen and oxygen atoms in total. The van der Waals surface area contributed by atoms with Gasteiger partial charge in [-0.25, -0.2) is 4.68 Å². The molecule has 27 heavy (non-hydrogen) atoms. The Balaban J connectivity index is 0.00000364. The molecule has 6 heteroatoms. The van der Waals surface area contributed by atoms with Crippen molar-refractivity contribution in [2.45, 2.75) is 32.6 Å². The molecule has 2 rings (SSSR count). The van der Waals surface area contributed by atoms with E-state index in [4.69, 9.17) is 0 Å². The number of benzene rings is 1. The van der Waals surface area contributed by atoms with Crippen LogP contribution in [-0.2, 0) is 6.42 Å². The van der Waals surface area contributed by atoms with Crippen LogP contribution >= 0.6 is 24.0 Å². The number of aromatic nitrogens is 2. The van der Waals surface area contributed by atoms with E-state index in [1.807, 2.05) is 36.0 Å². The molecule has 0 fully saturated rings. The minimum absolute atomic E-state index is 0. The third-order valence-electron chi connectivity index (χ3n) is 4.40. The number of guanidine groups is 1. The number of hydrogen-bond acceptors (Lipinski definition) is 2. The van der Waals surface area contributed by atoms with E-state index in [2.05, 4.69) is 59.2 Å². The second kappa shape index (κ2) is 12.5. The van der Waals surface area contributed by atoms with Crippen LogP contribution in [0.2, 0.25) is 0 Å². The first-order valence-electron chi connectivity index (χ1n) is 9.29. The van der Waals surface area contributed by atoms with Gasteiger partial charge in [-0.1, -0.05) is 24.3 Å². The molecule has 148 valence electrons. The Morgan fingerprint density at radius 1 is 1.30 bits per heavy atom. The number of aryl methyl sites for hydroxylation is 2. The summed E-state index contributed by atoms with van der Waals surface area (Å²) in [6.07, 6.45) is 8.27. The first-order chi connectivity index (χ1) is 12.7. The minimum atomic E-state index is 0. The molecule has 1 aromatic heterocycles. The minimum Gasteiger partial charge on any atom is -0.356 e. The van der Waals surface area contributed by atoms with Gasteiger partial charge in [-0.3, -0.25) is 4.99 Å². The van der Waals surface area contributed by atoms with Crippen molar-refractivity contribution in [2.75, 3.05) is 27.2 Å². The number of aliphatic imine (C=N–C) groups is 1. The maximum absolute atomic E-state index is 4.64. The van der Waals surface area contributed by atoms with Crippen LogP contribution < -0.4 is 5.32 Å². The molecule has 0 unspecified atom stereocenters. The van der Waals surface area contributed by atoms with Gasteiger partial charge in [0.05, 0.1) is 11.4 Å². The molecular formula is C21H32IN5. The molecule has 1 aromatic carbocycles. The van der Waals surface area contributed by atoms with Crippen LogP contribution in [0.15, 0.2) is 54.2 Å². The number of allylic oxidation sites excluding steroid dienone is 1. The van der Waals surface area contributed by atoms with Gasteiger partial charge in [0, 0.05) is 33.4 Å². The Kier molecular flexibility index (Phi) is 10.8. The molecule has 0 amide bonds. The number of rotatable bonds is 9. The highest BCUT2D eigenvalue weighted by Gasteiger charge is 2.07. The molecule has 0 saturated carbocycles. The zero-order valence-corrected chi connectivity index (χ0v) is 19.0. The maximum atomic E-state index is 4.64. The van der Waals surface area contributed by atoms with Gasteiger partial charge in [0.2, 0.25) is 0 Å². The highest BCUT2D eigenvalue weighted by atomic mass is 127. The van der Waals surface area contributed by atoms with Crippen LogP contribution in [0, 0.1) is 6.92 Å². The largest absolute Gasteiger partial charge is 0.356 e. The van der Waals surface area contributed by atoms with E-state index in [-0.39, 0.29) is 24.0 Å². The fourth-order valence-electron chi connectivity index (χ4n) is 2.90. The Hall–Kier alpha value is -1.83. The molecule has 1 heterocycles. The van der Waals surface area contributed by atoms with Crippen molar-refractivity contribution < 1.29 is 0 Å². The van der Waals surface area contributed by atoms with Gasteiger partial charge in [-0.05, 0) is 50.3 Å². The molecule has 0 radical (unpaired) electrons. The Morgan fingerprint density at radius 2 is 2.04 bits per heavy atom. The van der Waals surface area contributed by atoms with Crippen molar-refractivity contribution in [3.63, 3.8) is 0 Å².